The topological polar surface area (TPSA) is 68.0 Å². The summed E-state index contributed by atoms with van der Waals surface area (Å²) in [5.74, 6) is 1.04. The molecule has 0 aliphatic carbocycles. The Morgan fingerprint density at radius 2 is 2.25 bits per heavy atom. The number of carbonyl (C=O) groups excluding carboxylic acids is 1. The van der Waals surface area contributed by atoms with Crippen molar-refractivity contribution in [3.8, 4) is 10.6 Å². The van der Waals surface area contributed by atoms with Crippen LogP contribution in [0.4, 0.5) is 5.82 Å². The van der Waals surface area contributed by atoms with Gasteiger partial charge in [0.1, 0.15) is 5.82 Å². The number of hydrogen-bond acceptors (Lipinski definition) is 5. The van der Waals surface area contributed by atoms with Gasteiger partial charge in [-0.15, -0.1) is 11.3 Å². The normalized spacial score (nSPS) is 10.4. The zero-order chi connectivity index (χ0) is 13.8. The highest BCUT2D eigenvalue weighted by molar-refractivity contribution is 7.13. The Kier molecular flexibility index (Phi) is 3.56. The molecule has 5 nitrogen and oxygen atoms in total. The van der Waals surface area contributed by atoms with Crippen LogP contribution in [0.2, 0.25) is 0 Å². The van der Waals surface area contributed by atoms with Gasteiger partial charge in [-0.3, -0.25) is 4.79 Å². The molecular weight excluding hydrogens is 274 g/mol. The number of hydrogen-bond donors (Lipinski definition) is 1. The van der Waals surface area contributed by atoms with Gasteiger partial charge >= 0.3 is 0 Å². The molecule has 0 aromatic carbocycles. The lowest BCUT2D eigenvalue weighted by atomic mass is 10.2. The Morgan fingerprint density at radius 3 is 3.00 bits per heavy atom. The van der Waals surface area contributed by atoms with Crippen molar-refractivity contribution in [2.24, 2.45) is 0 Å². The van der Waals surface area contributed by atoms with Crippen LogP contribution in [-0.4, -0.2) is 16.0 Å². The molecule has 0 aliphatic rings. The molecule has 0 aliphatic heterocycles. The number of aromatic nitrogens is 2. The minimum Gasteiger partial charge on any atom is -0.355 e. The van der Waals surface area contributed by atoms with Crippen molar-refractivity contribution in [2.45, 2.75) is 6.42 Å². The fraction of sp³-hybridized carbons (Fsp3) is 0.0714. The summed E-state index contributed by atoms with van der Waals surface area (Å²) in [5, 5.41) is 8.57. The van der Waals surface area contributed by atoms with Gasteiger partial charge in [-0.05, 0) is 23.6 Å². The van der Waals surface area contributed by atoms with Crippen LogP contribution in [0, 0.1) is 0 Å². The lowest BCUT2D eigenvalue weighted by Crippen LogP contribution is -2.15. The van der Waals surface area contributed by atoms with Crippen LogP contribution in [0.1, 0.15) is 5.69 Å². The van der Waals surface area contributed by atoms with E-state index in [0.717, 1.165) is 4.88 Å². The van der Waals surface area contributed by atoms with Crippen LogP contribution < -0.4 is 5.32 Å². The third-order valence-electron chi connectivity index (χ3n) is 2.60. The maximum atomic E-state index is 11.8. The van der Waals surface area contributed by atoms with Crippen molar-refractivity contribution < 1.29 is 9.32 Å². The number of nitrogens with one attached hydrogen (secondary N) is 1. The van der Waals surface area contributed by atoms with E-state index in [1.807, 2.05) is 23.6 Å². The fourth-order valence-corrected chi connectivity index (χ4v) is 2.39. The van der Waals surface area contributed by atoms with Crippen LogP contribution >= 0.6 is 11.3 Å². The van der Waals surface area contributed by atoms with Gasteiger partial charge in [0, 0.05) is 12.3 Å². The molecule has 0 atom stereocenters. The largest absolute Gasteiger partial charge is 0.355 e. The number of nitrogens with zero attached hydrogens (tertiary/aromatic N) is 2. The van der Waals surface area contributed by atoms with Crippen LogP contribution in [-0.2, 0) is 11.2 Å². The van der Waals surface area contributed by atoms with Gasteiger partial charge in [0.25, 0.3) is 0 Å². The molecule has 3 aromatic heterocycles. The number of anilines is 1. The first-order valence-electron chi connectivity index (χ1n) is 6.01. The summed E-state index contributed by atoms with van der Waals surface area (Å²) in [6.07, 6.45) is 1.78. The summed E-state index contributed by atoms with van der Waals surface area (Å²) in [7, 11) is 0. The molecule has 100 valence electrons. The first kappa shape index (κ1) is 12.6. The van der Waals surface area contributed by atoms with Gasteiger partial charge in [-0.2, -0.15) is 0 Å². The number of pyridine rings is 1. The van der Waals surface area contributed by atoms with Gasteiger partial charge in [0.2, 0.25) is 5.91 Å². The minimum atomic E-state index is -0.172. The summed E-state index contributed by atoms with van der Waals surface area (Å²) in [5.41, 5.74) is 0.599. The van der Waals surface area contributed by atoms with Gasteiger partial charge in [0.05, 0.1) is 17.0 Å². The highest BCUT2D eigenvalue weighted by Gasteiger charge is 2.11. The second-order valence-corrected chi connectivity index (χ2v) is 5.05. The summed E-state index contributed by atoms with van der Waals surface area (Å²) < 4.78 is 5.22. The van der Waals surface area contributed by atoms with E-state index in [1.54, 1.807) is 35.7 Å². The predicted molar refractivity (Wildman–Crippen MR) is 76.4 cm³/mol. The Morgan fingerprint density at radius 1 is 1.30 bits per heavy atom. The Balaban J connectivity index is 1.65. The molecule has 0 spiro atoms. The van der Waals surface area contributed by atoms with E-state index in [0.29, 0.717) is 17.3 Å². The van der Waals surface area contributed by atoms with E-state index in [2.05, 4.69) is 15.5 Å². The van der Waals surface area contributed by atoms with E-state index in [4.69, 9.17) is 4.52 Å². The average molecular weight is 285 g/mol. The second kappa shape index (κ2) is 5.66. The van der Waals surface area contributed by atoms with E-state index in [-0.39, 0.29) is 12.3 Å². The first-order valence-corrected chi connectivity index (χ1v) is 6.89. The van der Waals surface area contributed by atoms with E-state index in [9.17, 15) is 4.79 Å². The maximum absolute atomic E-state index is 11.8. The SMILES string of the molecule is O=C(Cc1cc(-c2cccs2)on1)Nc1ccccn1. The van der Waals surface area contributed by atoms with E-state index < -0.39 is 0 Å². The molecule has 1 amide bonds. The molecule has 0 saturated carbocycles. The average Bonchev–Trinajstić information content (AvgIpc) is 3.10. The lowest BCUT2D eigenvalue weighted by molar-refractivity contribution is -0.115. The van der Waals surface area contributed by atoms with Crippen molar-refractivity contribution >= 4 is 23.1 Å². The summed E-state index contributed by atoms with van der Waals surface area (Å²) in [6, 6.07) is 11.0. The van der Waals surface area contributed by atoms with Crippen molar-refractivity contribution in [1.82, 2.24) is 10.1 Å². The second-order valence-electron chi connectivity index (χ2n) is 4.10. The first-order chi connectivity index (χ1) is 9.81. The van der Waals surface area contributed by atoms with Gasteiger partial charge in [0.15, 0.2) is 5.76 Å². The Labute approximate surface area is 119 Å². The lowest BCUT2D eigenvalue weighted by Gasteiger charge is -2.01. The van der Waals surface area contributed by atoms with Crippen LogP contribution in [0.3, 0.4) is 0 Å². The van der Waals surface area contributed by atoms with E-state index >= 15 is 0 Å². The summed E-state index contributed by atoms with van der Waals surface area (Å²) >= 11 is 1.57. The van der Waals surface area contributed by atoms with Crippen molar-refractivity contribution in [1.29, 1.82) is 0 Å². The number of thiophene rings is 1. The van der Waals surface area contributed by atoms with Crippen LogP contribution in [0.25, 0.3) is 10.6 Å². The van der Waals surface area contributed by atoms with E-state index in [1.165, 1.54) is 0 Å². The highest BCUT2D eigenvalue weighted by Crippen LogP contribution is 2.25. The molecular formula is C14H11N3O2S. The molecule has 0 saturated heterocycles. The van der Waals surface area contributed by atoms with Gasteiger partial charge < -0.3 is 9.84 Å². The smallest absolute Gasteiger partial charge is 0.231 e. The quantitative estimate of drug-likeness (QED) is 0.800. The molecule has 0 unspecified atom stereocenters. The van der Waals surface area contributed by atoms with Crippen LogP contribution in [0.15, 0.2) is 52.5 Å². The van der Waals surface area contributed by atoms with Crippen molar-refractivity contribution in [2.75, 3.05) is 5.32 Å². The third-order valence-corrected chi connectivity index (χ3v) is 3.48. The molecule has 0 fully saturated rings. The predicted octanol–water partition coefficient (Wildman–Crippen LogP) is 2.98. The van der Waals surface area contributed by atoms with Gasteiger partial charge in [-0.25, -0.2) is 4.98 Å². The maximum Gasteiger partial charge on any atom is 0.231 e. The number of carbonyl (C=O) groups is 1. The molecule has 0 radical (unpaired) electrons. The monoisotopic (exact) mass is 285 g/mol. The third kappa shape index (κ3) is 2.92. The molecule has 3 rings (SSSR count). The zero-order valence-corrected chi connectivity index (χ0v) is 11.3. The summed E-state index contributed by atoms with van der Waals surface area (Å²) in [6.45, 7) is 0. The van der Waals surface area contributed by atoms with Crippen molar-refractivity contribution in [3.63, 3.8) is 0 Å². The molecule has 3 aromatic rings. The zero-order valence-electron chi connectivity index (χ0n) is 10.4. The molecule has 3 heterocycles. The van der Waals surface area contributed by atoms with Crippen molar-refractivity contribution in [3.05, 3.63) is 53.7 Å². The van der Waals surface area contributed by atoms with Gasteiger partial charge in [-0.1, -0.05) is 17.3 Å². The highest BCUT2D eigenvalue weighted by atomic mass is 32.1. The molecule has 0 bridgehead atoms. The Bertz CT molecular complexity index is 692. The Hall–Kier alpha value is -2.47. The number of rotatable bonds is 4. The molecule has 20 heavy (non-hydrogen) atoms. The molecule has 1 N–H and O–H groups in total. The number of amides is 1. The van der Waals surface area contributed by atoms with Crippen LogP contribution in [0.5, 0.6) is 0 Å². The molecule has 6 heteroatoms. The fourth-order valence-electron chi connectivity index (χ4n) is 1.72. The standard InChI is InChI=1S/C14H11N3O2S/c18-14(16-13-5-1-2-6-15-13)9-10-8-11(19-17-10)12-4-3-7-20-12/h1-8H,9H2,(H,15,16,18). The minimum absolute atomic E-state index is 0.158. The summed E-state index contributed by atoms with van der Waals surface area (Å²) in [4.78, 5) is 16.9.